The van der Waals surface area contributed by atoms with Gasteiger partial charge in [0.25, 0.3) is 5.56 Å². The Morgan fingerprint density at radius 3 is 2.32 bits per heavy atom. The van der Waals surface area contributed by atoms with Gasteiger partial charge in [0.1, 0.15) is 0 Å². The zero-order valence-electron chi connectivity index (χ0n) is 13.8. The van der Waals surface area contributed by atoms with Crippen LogP contribution in [-0.4, -0.2) is 28.3 Å². The van der Waals surface area contributed by atoms with E-state index in [1.807, 2.05) is 42.5 Å². The third-order valence-electron chi connectivity index (χ3n) is 4.35. The number of benzene rings is 2. The summed E-state index contributed by atoms with van der Waals surface area (Å²) >= 11 is 0. The summed E-state index contributed by atoms with van der Waals surface area (Å²) in [4.78, 5) is 17.4. The molecule has 0 unspecified atom stereocenters. The molecule has 1 saturated heterocycles. The first-order valence-corrected chi connectivity index (χ1v) is 8.44. The highest BCUT2D eigenvalue weighted by Gasteiger charge is 2.12. The van der Waals surface area contributed by atoms with Crippen LogP contribution in [0, 0.1) is 0 Å². The van der Waals surface area contributed by atoms with Crippen LogP contribution < -0.4 is 15.8 Å². The van der Waals surface area contributed by atoms with E-state index in [0.29, 0.717) is 11.6 Å². The summed E-state index contributed by atoms with van der Waals surface area (Å²) < 4.78 is 0. The van der Waals surface area contributed by atoms with E-state index in [-0.39, 0.29) is 5.56 Å². The van der Waals surface area contributed by atoms with E-state index in [2.05, 4.69) is 37.5 Å². The van der Waals surface area contributed by atoms with E-state index in [1.54, 1.807) is 0 Å². The second kappa shape index (κ2) is 6.76. The summed E-state index contributed by atoms with van der Waals surface area (Å²) in [5.74, 6) is 0.332. The van der Waals surface area contributed by atoms with Gasteiger partial charge in [-0.25, -0.2) is 0 Å². The van der Waals surface area contributed by atoms with Crippen LogP contribution in [0.2, 0.25) is 0 Å². The van der Waals surface area contributed by atoms with Gasteiger partial charge in [-0.2, -0.15) is 0 Å². The zero-order valence-corrected chi connectivity index (χ0v) is 13.8. The van der Waals surface area contributed by atoms with Gasteiger partial charge in [-0.1, -0.05) is 30.3 Å². The summed E-state index contributed by atoms with van der Waals surface area (Å²) in [5.41, 5.74) is 2.88. The molecule has 6 nitrogen and oxygen atoms in total. The minimum atomic E-state index is -0.266. The maximum atomic E-state index is 12.3. The molecule has 0 bridgehead atoms. The number of nitrogens with zero attached hydrogens (tertiary/aromatic N) is 3. The summed E-state index contributed by atoms with van der Waals surface area (Å²) in [6.45, 7) is 2.24. The molecule has 1 aliphatic rings. The summed E-state index contributed by atoms with van der Waals surface area (Å²) in [7, 11) is 0. The molecule has 2 aromatic carbocycles. The third-order valence-corrected chi connectivity index (χ3v) is 4.35. The first-order valence-electron chi connectivity index (χ1n) is 8.44. The highest BCUT2D eigenvalue weighted by molar-refractivity contribution is 5.61. The molecule has 0 saturated carbocycles. The van der Waals surface area contributed by atoms with Crippen LogP contribution in [0.3, 0.4) is 0 Å². The third kappa shape index (κ3) is 3.38. The van der Waals surface area contributed by atoms with Gasteiger partial charge in [0.15, 0.2) is 5.69 Å². The molecule has 0 spiro atoms. The Balaban J connectivity index is 1.51. The van der Waals surface area contributed by atoms with Crippen molar-refractivity contribution in [2.45, 2.75) is 12.8 Å². The van der Waals surface area contributed by atoms with Gasteiger partial charge in [0, 0.05) is 30.0 Å². The van der Waals surface area contributed by atoms with Crippen LogP contribution in [0.25, 0.3) is 11.3 Å². The normalized spacial score (nSPS) is 13.8. The quantitative estimate of drug-likeness (QED) is 0.767. The van der Waals surface area contributed by atoms with Crippen molar-refractivity contribution in [1.29, 1.82) is 0 Å². The summed E-state index contributed by atoms with van der Waals surface area (Å²) in [6.07, 6.45) is 2.51. The first-order chi connectivity index (χ1) is 12.3. The van der Waals surface area contributed by atoms with Crippen molar-refractivity contribution >= 4 is 17.3 Å². The van der Waals surface area contributed by atoms with Crippen molar-refractivity contribution < 1.29 is 0 Å². The topological polar surface area (TPSA) is 73.9 Å². The smallest absolute Gasteiger partial charge is 0.279 e. The molecule has 126 valence electrons. The summed E-state index contributed by atoms with van der Waals surface area (Å²) in [5, 5.41) is 11.2. The number of aromatic amines is 1. The molecule has 2 N–H and O–H groups in total. The van der Waals surface area contributed by atoms with Crippen molar-refractivity contribution in [1.82, 2.24) is 15.2 Å². The van der Waals surface area contributed by atoms with Crippen LogP contribution >= 0.6 is 0 Å². The molecule has 2 heterocycles. The lowest BCUT2D eigenvalue weighted by molar-refractivity contribution is 0.949. The molecule has 1 aliphatic heterocycles. The van der Waals surface area contributed by atoms with Gasteiger partial charge in [0.2, 0.25) is 5.95 Å². The number of rotatable bonds is 4. The number of hydrogen-bond donors (Lipinski definition) is 2. The Kier molecular flexibility index (Phi) is 4.16. The Morgan fingerprint density at radius 2 is 1.64 bits per heavy atom. The van der Waals surface area contributed by atoms with Crippen molar-refractivity contribution in [3.8, 4) is 11.3 Å². The number of H-pyrrole nitrogens is 1. The van der Waals surface area contributed by atoms with Gasteiger partial charge in [0.05, 0.1) is 0 Å². The molecular weight excluding hydrogens is 314 g/mol. The van der Waals surface area contributed by atoms with Gasteiger partial charge < -0.3 is 10.2 Å². The number of hydrogen-bond acceptors (Lipinski definition) is 5. The van der Waals surface area contributed by atoms with Crippen LogP contribution in [0.15, 0.2) is 59.4 Å². The van der Waals surface area contributed by atoms with Crippen LogP contribution in [-0.2, 0) is 0 Å². The number of anilines is 3. The predicted molar refractivity (Wildman–Crippen MR) is 99.3 cm³/mol. The minimum absolute atomic E-state index is 0.266. The number of nitrogens with one attached hydrogen (secondary N) is 2. The van der Waals surface area contributed by atoms with Gasteiger partial charge in [-0.15, -0.1) is 10.2 Å². The molecule has 0 atom stereocenters. The van der Waals surface area contributed by atoms with Crippen molar-refractivity contribution in [3.63, 3.8) is 0 Å². The van der Waals surface area contributed by atoms with E-state index in [4.69, 9.17) is 0 Å². The monoisotopic (exact) mass is 333 g/mol. The van der Waals surface area contributed by atoms with Crippen LogP contribution in [0.5, 0.6) is 0 Å². The van der Waals surface area contributed by atoms with Crippen LogP contribution in [0.1, 0.15) is 12.8 Å². The lowest BCUT2D eigenvalue weighted by Gasteiger charge is -2.17. The average molecular weight is 333 g/mol. The van der Waals surface area contributed by atoms with E-state index < -0.39 is 0 Å². The SMILES string of the molecule is O=c1[nH]c(Nc2ccc(N3CCCC3)cc2)nnc1-c1ccccc1. The lowest BCUT2D eigenvalue weighted by atomic mass is 10.2. The molecule has 1 aromatic heterocycles. The number of aromatic nitrogens is 3. The largest absolute Gasteiger partial charge is 0.372 e. The highest BCUT2D eigenvalue weighted by atomic mass is 16.1. The Bertz CT molecular complexity index is 899. The van der Waals surface area contributed by atoms with E-state index in [1.165, 1.54) is 18.5 Å². The molecule has 1 fully saturated rings. The maximum absolute atomic E-state index is 12.3. The van der Waals surface area contributed by atoms with Crippen LogP contribution in [0.4, 0.5) is 17.3 Å². The molecule has 25 heavy (non-hydrogen) atoms. The lowest BCUT2D eigenvalue weighted by Crippen LogP contribution is -2.17. The highest BCUT2D eigenvalue weighted by Crippen LogP contribution is 2.23. The Labute approximate surface area is 145 Å². The van der Waals surface area contributed by atoms with E-state index in [0.717, 1.165) is 24.3 Å². The fourth-order valence-corrected chi connectivity index (χ4v) is 3.05. The molecule has 0 amide bonds. The maximum Gasteiger partial charge on any atom is 0.279 e. The second-order valence-electron chi connectivity index (χ2n) is 6.08. The molecule has 0 aliphatic carbocycles. The average Bonchev–Trinajstić information content (AvgIpc) is 3.18. The van der Waals surface area contributed by atoms with Gasteiger partial charge >= 0.3 is 0 Å². The second-order valence-corrected chi connectivity index (χ2v) is 6.08. The fourth-order valence-electron chi connectivity index (χ4n) is 3.05. The fraction of sp³-hybridized carbons (Fsp3) is 0.211. The standard InChI is InChI=1S/C19H19N5O/c25-18-17(14-6-2-1-3-7-14)22-23-19(21-18)20-15-8-10-16(11-9-15)24-12-4-5-13-24/h1-3,6-11H,4-5,12-13H2,(H2,20,21,23,25). The van der Waals surface area contributed by atoms with Gasteiger partial charge in [-0.3, -0.25) is 9.78 Å². The molecule has 6 heteroatoms. The van der Waals surface area contributed by atoms with Crippen molar-refractivity contribution in [3.05, 3.63) is 65.0 Å². The molecule has 4 rings (SSSR count). The Hall–Kier alpha value is -3.15. The molecule has 3 aromatic rings. The molecular formula is C19H19N5O. The van der Waals surface area contributed by atoms with Gasteiger partial charge in [-0.05, 0) is 37.1 Å². The Morgan fingerprint density at radius 1 is 0.920 bits per heavy atom. The predicted octanol–water partition coefficient (Wildman–Crippen LogP) is 3.18. The molecule has 0 radical (unpaired) electrons. The minimum Gasteiger partial charge on any atom is -0.372 e. The first kappa shape index (κ1) is 15.4. The van der Waals surface area contributed by atoms with Crippen molar-refractivity contribution in [2.24, 2.45) is 0 Å². The summed E-state index contributed by atoms with van der Waals surface area (Å²) in [6, 6.07) is 17.4. The van der Waals surface area contributed by atoms with E-state index >= 15 is 0 Å². The zero-order chi connectivity index (χ0) is 17.1. The van der Waals surface area contributed by atoms with Crippen molar-refractivity contribution in [2.75, 3.05) is 23.3 Å². The van der Waals surface area contributed by atoms with E-state index in [9.17, 15) is 4.79 Å².